The summed E-state index contributed by atoms with van der Waals surface area (Å²) >= 11 is 1.35. The Morgan fingerprint density at radius 2 is 2.11 bits per heavy atom. The van der Waals surface area contributed by atoms with Crippen molar-refractivity contribution in [3.05, 3.63) is 5.01 Å². The second-order valence-corrected chi connectivity index (χ2v) is 5.84. The molecule has 0 atom stereocenters. The maximum Gasteiger partial charge on any atom is 0.323 e. The lowest BCUT2D eigenvalue weighted by atomic mass is 9.93. The zero-order valence-electron chi connectivity index (χ0n) is 10.8. The predicted octanol–water partition coefficient (Wildman–Crippen LogP) is 0.966. The molecule has 19 heavy (non-hydrogen) atoms. The molecule has 104 valence electrons. The first-order chi connectivity index (χ1) is 9.04. The minimum atomic E-state index is -0.271. The van der Waals surface area contributed by atoms with Gasteiger partial charge >= 0.3 is 6.03 Å². The lowest BCUT2D eigenvalue weighted by Gasteiger charge is -2.31. The van der Waals surface area contributed by atoms with Gasteiger partial charge in [0.2, 0.25) is 11.0 Å². The van der Waals surface area contributed by atoms with Crippen LogP contribution in [0.2, 0.25) is 0 Å². The van der Waals surface area contributed by atoms with E-state index in [9.17, 15) is 9.59 Å². The van der Waals surface area contributed by atoms with Crippen LogP contribution in [0.15, 0.2) is 0 Å². The van der Waals surface area contributed by atoms with Gasteiger partial charge in [0.1, 0.15) is 5.01 Å². The molecule has 1 aromatic rings. The molecule has 0 aromatic carbocycles. The van der Waals surface area contributed by atoms with Crippen LogP contribution in [0.25, 0.3) is 0 Å². The van der Waals surface area contributed by atoms with Gasteiger partial charge in [-0.25, -0.2) is 4.79 Å². The fourth-order valence-corrected chi connectivity index (χ4v) is 2.72. The summed E-state index contributed by atoms with van der Waals surface area (Å²) in [6.45, 7) is 3.12. The zero-order chi connectivity index (χ0) is 13.8. The summed E-state index contributed by atoms with van der Waals surface area (Å²) in [5.74, 6) is 0.0255. The Morgan fingerprint density at radius 3 is 2.63 bits per heavy atom. The fraction of sp³-hybridized carbons (Fsp3) is 0.636. The van der Waals surface area contributed by atoms with Gasteiger partial charge in [0.05, 0.1) is 0 Å². The number of nitrogens with one attached hydrogen (secondary N) is 1. The number of nitrogens with zero attached hydrogens (tertiary/aromatic N) is 3. The average Bonchev–Trinajstić information content (AvgIpc) is 2.75. The average molecular weight is 283 g/mol. The van der Waals surface area contributed by atoms with Crippen LogP contribution in [-0.4, -0.2) is 40.1 Å². The summed E-state index contributed by atoms with van der Waals surface area (Å²) in [5.41, 5.74) is 5.18. The maximum atomic E-state index is 12.0. The highest BCUT2D eigenvalue weighted by Crippen LogP contribution is 2.21. The first-order valence-electron chi connectivity index (χ1n) is 6.19. The maximum absolute atomic E-state index is 12.0. The van der Waals surface area contributed by atoms with E-state index >= 15 is 0 Å². The smallest absolute Gasteiger partial charge is 0.323 e. The molecule has 2 heterocycles. The topological polar surface area (TPSA) is 101 Å². The number of rotatable bonds is 3. The van der Waals surface area contributed by atoms with E-state index in [1.165, 1.54) is 11.3 Å². The Morgan fingerprint density at radius 1 is 1.42 bits per heavy atom. The number of hydrogen-bond acceptors (Lipinski definition) is 5. The molecule has 0 spiro atoms. The minimum absolute atomic E-state index is 0.159. The fourth-order valence-electron chi connectivity index (χ4n) is 2.14. The number of nitrogens with two attached hydrogens (primary N) is 1. The van der Waals surface area contributed by atoms with Crippen molar-refractivity contribution in [1.29, 1.82) is 0 Å². The van der Waals surface area contributed by atoms with Gasteiger partial charge in [-0.05, 0) is 25.7 Å². The summed E-state index contributed by atoms with van der Waals surface area (Å²) in [7, 11) is 0. The number of urea groups is 1. The minimum Gasteiger partial charge on any atom is -0.370 e. The molecule has 2 rings (SSSR count). The molecule has 1 aliphatic rings. The molecule has 7 nitrogen and oxygen atoms in total. The normalized spacial score (nSPS) is 16.4. The molecule has 1 saturated heterocycles. The SMILES string of the molecule is Cc1nnc(NC(=O)N2CCC(CC(N)=O)CC2)s1. The first kappa shape index (κ1) is 13.7. The number of hydrogen-bond donors (Lipinski definition) is 2. The van der Waals surface area contributed by atoms with Gasteiger partial charge in [0, 0.05) is 19.5 Å². The Kier molecular flexibility index (Phi) is 4.31. The predicted molar refractivity (Wildman–Crippen MR) is 71.8 cm³/mol. The lowest BCUT2D eigenvalue weighted by molar-refractivity contribution is -0.119. The van der Waals surface area contributed by atoms with Crippen LogP contribution in [0.1, 0.15) is 24.3 Å². The van der Waals surface area contributed by atoms with Gasteiger partial charge < -0.3 is 10.6 Å². The Labute approximate surface area is 115 Å². The third-order valence-corrected chi connectivity index (χ3v) is 3.89. The van der Waals surface area contributed by atoms with Gasteiger partial charge in [-0.3, -0.25) is 10.1 Å². The van der Waals surface area contributed by atoms with E-state index in [-0.39, 0.29) is 11.9 Å². The molecular weight excluding hydrogens is 266 g/mol. The number of piperidine rings is 1. The van der Waals surface area contributed by atoms with E-state index in [0.717, 1.165) is 17.8 Å². The third-order valence-electron chi connectivity index (χ3n) is 3.13. The molecule has 0 saturated carbocycles. The molecule has 8 heteroatoms. The lowest BCUT2D eigenvalue weighted by Crippen LogP contribution is -2.41. The van der Waals surface area contributed by atoms with Crippen molar-refractivity contribution in [3.8, 4) is 0 Å². The summed E-state index contributed by atoms with van der Waals surface area (Å²) in [4.78, 5) is 24.5. The Hall–Kier alpha value is -1.70. The van der Waals surface area contributed by atoms with Crippen molar-refractivity contribution >= 4 is 28.4 Å². The Balaban J connectivity index is 1.80. The summed E-state index contributed by atoms with van der Waals surface area (Å²) in [6, 6.07) is -0.159. The second-order valence-electron chi connectivity index (χ2n) is 4.66. The molecule has 0 aliphatic carbocycles. The van der Waals surface area contributed by atoms with Crippen LogP contribution in [0.5, 0.6) is 0 Å². The van der Waals surface area contributed by atoms with Gasteiger partial charge in [-0.15, -0.1) is 10.2 Å². The van der Waals surface area contributed by atoms with Gasteiger partial charge in [-0.1, -0.05) is 11.3 Å². The number of likely N-dealkylation sites (tertiary alicyclic amines) is 1. The van der Waals surface area contributed by atoms with Gasteiger partial charge in [0.15, 0.2) is 0 Å². The molecule has 0 radical (unpaired) electrons. The molecule has 1 aliphatic heterocycles. The molecule has 3 amide bonds. The number of amides is 3. The first-order valence-corrected chi connectivity index (χ1v) is 7.00. The zero-order valence-corrected chi connectivity index (χ0v) is 11.6. The molecule has 1 fully saturated rings. The summed E-state index contributed by atoms with van der Waals surface area (Å²) in [5, 5.41) is 11.8. The van der Waals surface area contributed by atoms with Crippen LogP contribution in [-0.2, 0) is 4.79 Å². The number of carbonyl (C=O) groups is 2. The largest absolute Gasteiger partial charge is 0.370 e. The van der Waals surface area contributed by atoms with Crippen LogP contribution in [0, 0.1) is 12.8 Å². The van der Waals surface area contributed by atoms with E-state index in [4.69, 9.17) is 5.73 Å². The highest BCUT2D eigenvalue weighted by molar-refractivity contribution is 7.15. The number of aryl methyl sites for hydroxylation is 1. The van der Waals surface area contributed by atoms with Crippen molar-refractivity contribution in [2.45, 2.75) is 26.2 Å². The van der Waals surface area contributed by atoms with E-state index in [0.29, 0.717) is 30.6 Å². The number of aromatic nitrogens is 2. The molecule has 3 N–H and O–H groups in total. The van der Waals surface area contributed by atoms with Crippen LogP contribution >= 0.6 is 11.3 Å². The van der Waals surface area contributed by atoms with E-state index in [1.54, 1.807) is 4.90 Å². The Bertz CT molecular complexity index is 467. The molecular formula is C11H17N5O2S. The standard InChI is InChI=1S/C11H17N5O2S/c1-7-14-15-10(19-7)13-11(18)16-4-2-8(3-5-16)6-9(12)17/h8H,2-6H2,1H3,(H2,12,17)(H,13,15,18). The van der Waals surface area contributed by atoms with Gasteiger partial charge in [0.25, 0.3) is 0 Å². The highest BCUT2D eigenvalue weighted by atomic mass is 32.1. The molecule has 0 bridgehead atoms. The van der Waals surface area contributed by atoms with Crippen molar-refractivity contribution in [1.82, 2.24) is 15.1 Å². The van der Waals surface area contributed by atoms with Crippen LogP contribution in [0.4, 0.5) is 9.93 Å². The number of primary amides is 1. The van der Waals surface area contributed by atoms with Gasteiger partial charge in [-0.2, -0.15) is 0 Å². The van der Waals surface area contributed by atoms with Crippen molar-refractivity contribution in [2.75, 3.05) is 18.4 Å². The number of anilines is 1. The van der Waals surface area contributed by atoms with Crippen molar-refractivity contribution in [2.24, 2.45) is 11.7 Å². The third kappa shape index (κ3) is 3.88. The number of carbonyl (C=O) groups excluding carboxylic acids is 2. The van der Waals surface area contributed by atoms with E-state index in [1.807, 2.05) is 6.92 Å². The van der Waals surface area contributed by atoms with Crippen LogP contribution in [0.3, 0.4) is 0 Å². The van der Waals surface area contributed by atoms with Crippen molar-refractivity contribution in [3.63, 3.8) is 0 Å². The van der Waals surface area contributed by atoms with E-state index < -0.39 is 0 Å². The van der Waals surface area contributed by atoms with Crippen LogP contribution < -0.4 is 11.1 Å². The monoisotopic (exact) mass is 283 g/mol. The highest BCUT2D eigenvalue weighted by Gasteiger charge is 2.24. The second kappa shape index (κ2) is 5.96. The quantitative estimate of drug-likeness (QED) is 0.862. The molecule has 0 unspecified atom stereocenters. The molecule has 1 aromatic heterocycles. The summed E-state index contributed by atoms with van der Waals surface area (Å²) < 4.78 is 0. The van der Waals surface area contributed by atoms with Crippen molar-refractivity contribution < 1.29 is 9.59 Å². The summed E-state index contributed by atoms with van der Waals surface area (Å²) in [6.07, 6.45) is 2.03. The van der Waals surface area contributed by atoms with E-state index in [2.05, 4.69) is 15.5 Å².